The lowest BCUT2D eigenvalue weighted by Gasteiger charge is -2.29. The molecule has 0 aliphatic carbocycles. The van der Waals surface area contributed by atoms with Gasteiger partial charge < -0.3 is 20.6 Å². The maximum atomic E-state index is 12.4. The summed E-state index contributed by atoms with van der Waals surface area (Å²) < 4.78 is 0. The topological polar surface area (TPSA) is 104 Å². The summed E-state index contributed by atoms with van der Waals surface area (Å²) in [5.74, 6) is -1.47. The van der Waals surface area contributed by atoms with Gasteiger partial charge in [-0.15, -0.1) is 0 Å². The zero-order valence-corrected chi connectivity index (χ0v) is 10.7. The highest BCUT2D eigenvalue weighted by Gasteiger charge is 2.41. The van der Waals surface area contributed by atoms with Gasteiger partial charge in [-0.2, -0.15) is 0 Å². The first kappa shape index (κ1) is 13.8. The molecule has 2 saturated heterocycles. The predicted octanol–water partition coefficient (Wildman–Crippen LogP) is -0.988. The molecule has 2 fully saturated rings. The van der Waals surface area contributed by atoms with Crippen LogP contribution in [0, 0.1) is 0 Å². The van der Waals surface area contributed by atoms with Crippen LogP contribution in [0.15, 0.2) is 0 Å². The molecule has 0 aromatic heterocycles. The van der Waals surface area contributed by atoms with Crippen LogP contribution in [0.3, 0.4) is 0 Å². The third-order valence-corrected chi connectivity index (χ3v) is 3.85. The number of rotatable bonds is 3. The van der Waals surface area contributed by atoms with Crippen molar-refractivity contribution in [1.29, 1.82) is 0 Å². The fourth-order valence-electron chi connectivity index (χ4n) is 2.92. The number of carboxylic acid groups (broad SMARTS) is 1. The largest absolute Gasteiger partial charge is 0.480 e. The Morgan fingerprint density at radius 1 is 1.05 bits per heavy atom. The van der Waals surface area contributed by atoms with Gasteiger partial charge in [-0.1, -0.05) is 0 Å². The van der Waals surface area contributed by atoms with Gasteiger partial charge in [-0.3, -0.25) is 9.59 Å². The maximum absolute atomic E-state index is 12.4. The highest BCUT2D eigenvalue weighted by Crippen LogP contribution is 2.24. The zero-order chi connectivity index (χ0) is 14.0. The number of nitrogens with two attached hydrogens (primary N) is 1. The first-order chi connectivity index (χ1) is 9.06. The summed E-state index contributed by atoms with van der Waals surface area (Å²) in [6.07, 6.45) is 2.53. The molecule has 2 heterocycles. The number of hydrogen-bond donors (Lipinski definition) is 2. The van der Waals surface area contributed by atoms with E-state index in [0.717, 1.165) is 6.42 Å². The third-order valence-electron chi connectivity index (χ3n) is 3.85. The van der Waals surface area contributed by atoms with E-state index in [1.807, 2.05) is 0 Å². The van der Waals surface area contributed by atoms with E-state index in [1.54, 1.807) is 0 Å². The molecule has 0 saturated carbocycles. The quantitative estimate of drug-likeness (QED) is 0.684. The second-order valence-electron chi connectivity index (χ2n) is 4.98. The molecule has 3 N–H and O–H groups in total. The summed E-state index contributed by atoms with van der Waals surface area (Å²) in [6.45, 7) is 0.862. The number of amides is 2. The van der Waals surface area contributed by atoms with Crippen molar-refractivity contribution in [3.63, 3.8) is 0 Å². The van der Waals surface area contributed by atoms with E-state index in [1.165, 1.54) is 9.80 Å². The Labute approximate surface area is 111 Å². The van der Waals surface area contributed by atoms with Crippen LogP contribution >= 0.6 is 0 Å². The third kappa shape index (κ3) is 2.56. The van der Waals surface area contributed by atoms with E-state index in [0.29, 0.717) is 32.4 Å². The lowest BCUT2D eigenvalue weighted by Crippen LogP contribution is -2.51. The van der Waals surface area contributed by atoms with Crippen molar-refractivity contribution in [2.45, 2.75) is 37.8 Å². The van der Waals surface area contributed by atoms with Crippen LogP contribution in [0.1, 0.15) is 25.7 Å². The Morgan fingerprint density at radius 3 is 2.21 bits per heavy atom. The second-order valence-corrected chi connectivity index (χ2v) is 4.98. The van der Waals surface area contributed by atoms with Gasteiger partial charge in [0.1, 0.15) is 12.1 Å². The number of carboxylic acids is 1. The van der Waals surface area contributed by atoms with Crippen molar-refractivity contribution in [2.75, 3.05) is 19.6 Å². The van der Waals surface area contributed by atoms with Gasteiger partial charge in [-0.05, 0) is 25.7 Å². The molecule has 0 unspecified atom stereocenters. The molecule has 0 bridgehead atoms. The van der Waals surface area contributed by atoms with Crippen LogP contribution in [-0.4, -0.2) is 64.4 Å². The molecule has 106 valence electrons. The van der Waals surface area contributed by atoms with Crippen molar-refractivity contribution in [1.82, 2.24) is 9.80 Å². The Bertz CT molecular complexity index is 398. The summed E-state index contributed by atoms with van der Waals surface area (Å²) in [6, 6.07) is -1.28. The number of hydrogen-bond acceptors (Lipinski definition) is 4. The first-order valence-electron chi connectivity index (χ1n) is 6.59. The van der Waals surface area contributed by atoms with Crippen molar-refractivity contribution >= 4 is 17.8 Å². The summed E-state index contributed by atoms with van der Waals surface area (Å²) >= 11 is 0. The van der Waals surface area contributed by atoms with Crippen LogP contribution in [0.4, 0.5) is 0 Å². The monoisotopic (exact) mass is 269 g/mol. The van der Waals surface area contributed by atoms with Gasteiger partial charge in [-0.25, -0.2) is 4.79 Å². The zero-order valence-electron chi connectivity index (χ0n) is 10.7. The molecule has 2 rings (SSSR count). The lowest BCUT2D eigenvalue weighted by molar-refractivity contribution is -0.151. The van der Waals surface area contributed by atoms with Gasteiger partial charge >= 0.3 is 5.97 Å². The molecule has 2 aliphatic heterocycles. The molecule has 0 radical (unpaired) electrons. The highest BCUT2D eigenvalue weighted by molar-refractivity contribution is 5.91. The second kappa shape index (κ2) is 5.56. The average Bonchev–Trinajstić information content (AvgIpc) is 3.05. The number of aliphatic carboxylic acids is 1. The smallest absolute Gasteiger partial charge is 0.326 e. The van der Waals surface area contributed by atoms with Crippen LogP contribution in [0.2, 0.25) is 0 Å². The van der Waals surface area contributed by atoms with Crippen LogP contribution in [0.25, 0.3) is 0 Å². The molecule has 2 amide bonds. The van der Waals surface area contributed by atoms with Crippen molar-refractivity contribution in [2.24, 2.45) is 5.73 Å². The van der Waals surface area contributed by atoms with Gasteiger partial charge in [0.25, 0.3) is 0 Å². The van der Waals surface area contributed by atoms with Crippen molar-refractivity contribution in [3.8, 4) is 0 Å². The van der Waals surface area contributed by atoms with Gasteiger partial charge in [0.2, 0.25) is 11.8 Å². The predicted molar refractivity (Wildman–Crippen MR) is 66.2 cm³/mol. The molecule has 2 atom stereocenters. The minimum atomic E-state index is -0.972. The molecule has 7 heteroatoms. The Hall–Kier alpha value is -1.63. The minimum Gasteiger partial charge on any atom is -0.480 e. The summed E-state index contributed by atoms with van der Waals surface area (Å²) in [4.78, 5) is 38.1. The summed E-state index contributed by atoms with van der Waals surface area (Å²) in [5, 5.41) is 9.10. The van der Waals surface area contributed by atoms with E-state index >= 15 is 0 Å². The van der Waals surface area contributed by atoms with E-state index < -0.39 is 18.1 Å². The molecule has 0 spiro atoms. The fraction of sp³-hybridized carbons (Fsp3) is 0.750. The van der Waals surface area contributed by atoms with E-state index in [9.17, 15) is 14.4 Å². The highest BCUT2D eigenvalue weighted by atomic mass is 16.4. The van der Waals surface area contributed by atoms with Gasteiger partial charge in [0.05, 0.1) is 6.54 Å². The molecule has 7 nitrogen and oxygen atoms in total. The SMILES string of the molecule is NCC(=O)N1CCC[C@@H]1C(=O)N1CCC[C@@H]1C(=O)O. The Kier molecular flexibility index (Phi) is 4.04. The fourth-order valence-corrected chi connectivity index (χ4v) is 2.92. The summed E-state index contributed by atoms with van der Waals surface area (Å²) in [7, 11) is 0. The van der Waals surface area contributed by atoms with Crippen molar-refractivity contribution in [3.05, 3.63) is 0 Å². The molecule has 19 heavy (non-hydrogen) atoms. The molecule has 2 aliphatic rings. The molecule has 0 aromatic carbocycles. The average molecular weight is 269 g/mol. The van der Waals surface area contributed by atoms with Crippen LogP contribution in [-0.2, 0) is 14.4 Å². The lowest BCUT2D eigenvalue weighted by atomic mass is 10.1. The van der Waals surface area contributed by atoms with Crippen LogP contribution in [0.5, 0.6) is 0 Å². The number of carbonyl (C=O) groups excluding carboxylic acids is 2. The molecular formula is C12H19N3O4. The Balaban J connectivity index is 2.10. The first-order valence-corrected chi connectivity index (χ1v) is 6.59. The summed E-state index contributed by atoms with van der Waals surface area (Å²) in [5.41, 5.74) is 5.33. The number of carbonyl (C=O) groups is 3. The maximum Gasteiger partial charge on any atom is 0.326 e. The molecular weight excluding hydrogens is 250 g/mol. The van der Waals surface area contributed by atoms with Gasteiger partial charge in [0.15, 0.2) is 0 Å². The number of likely N-dealkylation sites (tertiary alicyclic amines) is 2. The number of nitrogens with zero attached hydrogens (tertiary/aromatic N) is 2. The Morgan fingerprint density at radius 2 is 1.63 bits per heavy atom. The van der Waals surface area contributed by atoms with E-state index in [4.69, 9.17) is 10.8 Å². The van der Waals surface area contributed by atoms with Crippen LogP contribution < -0.4 is 5.73 Å². The minimum absolute atomic E-state index is 0.119. The van der Waals surface area contributed by atoms with Crippen molar-refractivity contribution < 1.29 is 19.5 Å². The molecule has 0 aromatic rings. The normalized spacial score (nSPS) is 26.8. The van der Waals surface area contributed by atoms with E-state index in [2.05, 4.69) is 0 Å². The van der Waals surface area contributed by atoms with Gasteiger partial charge in [0, 0.05) is 13.1 Å². The standard InChI is InChI=1S/C12H19N3O4/c13-7-10(16)14-5-1-3-8(14)11(17)15-6-2-4-9(15)12(18)19/h8-9H,1-7,13H2,(H,18,19)/t8-,9-/m1/s1. The van der Waals surface area contributed by atoms with E-state index in [-0.39, 0.29) is 18.4 Å².